The van der Waals surface area contributed by atoms with Gasteiger partial charge in [-0.25, -0.2) is 8.42 Å². The third kappa shape index (κ3) is 3.39. The fourth-order valence-corrected chi connectivity index (χ4v) is 3.19. The molecule has 0 saturated carbocycles. The van der Waals surface area contributed by atoms with Gasteiger partial charge in [-0.3, -0.25) is 5.43 Å². The summed E-state index contributed by atoms with van der Waals surface area (Å²) in [6.45, 7) is 5.40. The van der Waals surface area contributed by atoms with E-state index in [0.29, 0.717) is 11.1 Å². The fraction of sp³-hybridized carbons (Fsp3) is 0.300. The third-order valence-corrected chi connectivity index (χ3v) is 3.84. The lowest BCUT2D eigenvalue weighted by Crippen LogP contribution is -2.44. The quantitative estimate of drug-likeness (QED) is 0.556. The van der Waals surface area contributed by atoms with Crippen LogP contribution < -0.4 is 16.0 Å². The average Bonchev–Trinajstić information content (AvgIpc) is 2.12. The molecule has 0 heterocycles. The minimum atomic E-state index is -3.66. The molecule has 0 amide bonds. The van der Waals surface area contributed by atoms with E-state index in [9.17, 15) is 8.42 Å². The molecule has 0 unspecified atom stereocenters. The molecule has 0 aliphatic carbocycles. The van der Waals surface area contributed by atoms with E-state index >= 15 is 0 Å². The van der Waals surface area contributed by atoms with Crippen molar-refractivity contribution in [3.63, 3.8) is 0 Å². The molecule has 0 saturated heterocycles. The summed E-state index contributed by atoms with van der Waals surface area (Å²) in [6.07, 6.45) is 0. The first-order valence-corrected chi connectivity index (χ1v) is 6.78. The lowest BCUT2D eigenvalue weighted by Gasteiger charge is -2.13. The van der Waals surface area contributed by atoms with Gasteiger partial charge >= 0.3 is 0 Å². The van der Waals surface area contributed by atoms with Crippen LogP contribution in [0.3, 0.4) is 0 Å². The molecular weight excluding hydrogens is 258 g/mol. The number of nitrogens with one attached hydrogen (secondary N) is 2. The number of hydrogen-bond donors (Lipinski definition) is 3. The van der Waals surface area contributed by atoms with Gasteiger partial charge < -0.3 is 5.73 Å². The van der Waals surface area contributed by atoms with Crippen molar-refractivity contribution in [2.24, 2.45) is 5.73 Å². The Hall–Kier alpha value is -1.18. The van der Waals surface area contributed by atoms with Crippen molar-refractivity contribution < 1.29 is 8.42 Å². The highest BCUT2D eigenvalue weighted by Crippen LogP contribution is 2.20. The minimum absolute atomic E-state index is 0.129. The molecule has 0 fully saturated rings. The Morgan fingerprint density at radius 1 is 1.24 bits per heavy atom. The van der Waals surface area contributed by atoms with Crippen molar-refractivity contribution in [2.75, 3.05) is 0 Å². The minimum Gasteiger partial charge on any atom is -0.375 e. The van der Waals surface area contributed by atoms with Crippen LogP contribution in [-0.2, 0) is 10.0 Å². The van der Waals surface area contributed by atoms with Crippen LogP contribution in [0.4, 0.5) is 0 Å². The van der Waals surface area contributed by atoms with Crippen molar-refractivity contribution in [2.45, 2.75) is 25.7 Å². The van der Waals surface area contributed by atoms with Crippen molar-refractivity contribution in [1.82, 2.24) is 10.3 Å². The molecule has 7 heteroatoms. The van der Waals surface area contributed by atoms with Crippen molar-refractivity contribution in [3.05, 3.63) is 28.8 Å². The fourth-order valence-electron chi connectivity index (χ4n) is 1.76. The zero-order valence-electron chi connectivity index (χ0n) is 9.87. The number of sulfonamides is 1. The van der Waals surface area contributed by atoms with E-state index in [2.05, 4.69) is 22.5 Å². The molecule has 5 nitrogen and oxygen atoms in total. The Labute approximate surface area is 106 Å². The maximum Gasteiger partial charge on any atom is 0.257 e. The van der Waals surface area contributed by atoms with Gasteiger partial charge in [-0.05, 0) is 44.1 Å². The van der Waals surface area contributed by atoms with Gasteiger partial charge in [0.15, 0.2) is 5.11 Å². The summed E-state index contributed by atoms with van der Waals surface area (Å²) >= 11 is 4.54. The molecule has 94 valence electrons. The molecule has 0 spiro atoms. The van der Waals surface area contributed by atoms with Crippen LogP contribution in [0.25, 0.3) is 0 Å². The lowest BCUT2D eigenvalue weighted by atomic mass is 10.1. The largest absolute Gasteiger partial charge is 0.375 e. The molecule has 0 radical (unpaired) electrons. The van der Waals surface area contributed by atoms with Crippen molar-refractivity contribution in [1.29, 1.82) is 0 Å². The predicted molar refractivity (Wildman–Crippen MR) is 70.9 cm³/mol. The van der Waals surface area contributed by atoms with Gasteiger partial charge in [0.2, 0.25) is 0 Å². The summed E-state index contributed by atoms with van der Waals surface area (Å²) in [7, 11) is -3.66. The van der Waals surface area contributed by atoms with E-state index in [1.165, 1.54) is 0 Å². The first kappa shape index (κ1) is 13.9. The van der Waals surface area contributed by atoms with E-state index in [1.54, 1.807) is 13.8 Å². The topological polar surface area (TPSA) is 84.2 Å². The van der Waals surface area contributed by atoms with Crippen molar-refractivity contribution in [3.8, 4) is 0 Å². The zero-order valence-corrected chi connectivity index (χ0v) is 11.5. The molecule has 1 aromatic carbocycles. The number of benzene rings is 1. The zero-order chi connectivity index (χ0) is 13.2. The van der Waals surface area contributed by atoms with Crippen LogP contribution in [-0.4, -0.2) is 13.5 Å². The van der Waals surface area contributed by atoms with Crippen LogP contribution in [0.1, 0.15) is 16.7 Å². The summed E-state index contributed by atoms with van der Waals surface area (Å²) in [5.41, 5.74) is 9.77. The number of nitrogens with two attached hydrogens (primary N) is 1. The molecule has 4 N–H and O–H groups in total. The SMILES string of the molecule is Cc1cc(C)c(S(=O)(=O)NNC(N)=S)c(C)c1. The van der Waals surface area contributed by atoms with Crippen LogP contribution in [0, 0.1) is 20.8 Å². The van der Waals surface area contributed by atoms with Crippen LogP contribution in [0.2, 0.25) is 0 Å². The number of rotatable bonds is 3. The van der Waals surface area contributed by atoms with Crippen molar-refractivity contribution >= 4 is 27.4 Å². The second kappa shape index (κ2) is 4.99. The molecule has 0 bridgehead atoms. The smallest absolute Gasteiger partial charge is 0.257 e. The molecular formula is C10H15N3O2S2. The molecule has 0 aromatic heterocycles. The Morgan fingerprint density at radius 3 is 2.12 bits per heavy atom. The second-order valence-corrected chi connectivity index (χ2v) is 5.88. The molecule has 0 atom stereocenters. The first-order valence-electron chi connectivity index (χ1n) is 4.89. The average molecular weight is 273 g/mol. The van der Waals surface area contributed by atoms with Gasteiger partial charge in [-0.2, -0.15) is 0 Å². The molecule has 0 aliphatic heterocycles. The van der Waals surface area contributed by atoms with Gasteiger partial charge in [0.1, 0.15) is 0 Å². The Morgan fingerprint density at radius 2 is 1.71 bits per heavy atom. The summed E-state index contributed by atoms with van der Waals surface area (Å²) < 4.78 is 24.0. The summed E-state index contributed by atoms with van der Waals surface area (Å²) in [5, 5.41) is -0.129. The molecule has 1 aromatic rings. The van der Waals surface area contributed by atoms with Gasteiger partial charge in [0, 0.05) is 0 Å². The third-order valence-electron chi connectivity index (χ3n) is 2.18. The lowest BCUT2D eigenvalue weighted by molar-refractivity contribution is 0.576. The van der Waals surface area contributed by atoms with E-state index < -0.39 is 10.0 Å². The second-order valence-electron chi connectivity index (χ2n) is 3.82. The number of hydrogen-bond acceptors (Lipinski definition) is 3. The van der Waals surface area contributed by atoms with Crippen LogP contribution >= 0.6 is 12.2 Å². The molecule has 0 aliphatic rings. The maximum absolute atomic E-state index is 12.0. The highest BCUT2D eigenvalue weighted by atomic mass is 32.2. The highest BCUT2D eigenvalue weighted by Gasteiger charge is 2.19. The van der Waals surface area contributed by atoms with E-state index in [-0.39, 0.29) is 10.0 Å². The highest BCUT2D eigenvalue weighted by molar-refractivity contribution is 7.89. The maximum atomic E-state index is 12.0. The molecule has 1 rings (SSSR count). The number of aryl methyl sites for hydroxylation is 3. The van der Waals surface area contributed by atoms with E-state index in [0.717, 1.165) is 5.56 Å². The summed E-state index contributed by atoms with van der Waals surface area (Å²) in [6, 6.07) is 3.62. The van der Waals surface area contributed by atoms with Gasteiger partial charge in [-0.1, -0.05) is 17.7 Å². The standard InChI is InChI=1S/C10H15N3O2S2/c1-6-4-7(2)9(8(3)5-6)17(14,15)13-12-10(11)16/h4-5,13H,1-3H3,(H3,11,12,16). The number of thiocarbonyl (C=S) groups is 1. The van der Waals surface area contributed by atoms with Gasteiger partial charge in [0.25, 0.3) is 10.0 Å². The summed E-state index contributed by atoms with van der Waals surface area (Å²) in [5.74, 6) is 0. The van der Waals surface area contributed by atoms with E-state index in [4.69, 9.17) is 5.73 Å². The van der Waals surface area contributed by atoms with Gasteiger partial charge in [0.05, 0.1) is 4.90 Å². The van der Waals surface area contributed by atoms with E-state index in [1.807, 2.05) is 19.1 Å². The normalized spacial score (nSPS) is 11.2. The Bertz CT molecular complexity index is 530. The predicted octanol–water partition coefficient (Wildman–Crippen LogP) is 0.638. The monoisotopic (exact) mass is 273 g/mol. The van der Waals surface area contributed by atoms with Gasteiger partial charge in [-0.15, -0.1) is 4.83 Å². The van der Waals surface area contributed by atoms with Crippen LogP contribution in [0.5, 0.6) is 0 Å². The Kier molecular flexibility index (Phi) is 4.07. The van der Waals surface area contributed by atoms with Crippen LogP contribution in [0.15, 0.2) is 17.0 Å². The first-order chi connectivity index (χ1) is 7.74. The molecule has 17 heavy (non-hydrogen) atoms. The Balaban J connectivity index is 3.20. The summed E-state index contributed by atoms with van der Waals surface area (Å²) in [4.78, 5) is 2.37. The number of hydrazine groups is 1.